The van der Waals surface area contributed by atoms with Gasteiger partial charge < -0.3 is 4.74 Å². The monoisotopic (exact) mass is 620 g/mol. The van der Waals surface area contributed by atoms with E-state index in [2.05, 4.69) is 39.4 Å². The van der Waals surface area contributed by atoms with Crippen molar-refractivity contribution in [2.75, 3.05) is 23.9 Å². The van der Waals surface area contributed by atoms with Gasteiger partial charge >= 0.3 is 6.36 Å². The van der Waals surface area contributed by atoms with Crippen molar-refractivity contribution in [1.82, 2.24) is 4.90 Å². The molecule has 5 nitrogen and oxygen atoms in total. The Morgan fingerprint density at radius 3 is 2.22 bits per heavy atom. The van der Waals surface area contributed by atoms with Gasteiger partial charge in [0.15, 0.2) is 0 Å². The first-order chi connectivity index (χ1) is 17.6. The third-order valence-electron chi connectivity index (χ3n) is 6.05. The topological polar surface area (TPSA) is 53.0 Å². The van der Waals surface area contributed by atoms with E-state index < -0.39 is 17.6 Å². The van der Waals surface area contributed by atoms with Gasteiger partial charge in [0, 0.05) is 16.1 Å². The summed E-state index contributed by atoms with van der Waals surface area (Å²) in [6, 6.07) is 13.5. The summed E-state index contributed by atoms with van der Waals surface area (Å²) in [5.74, 6) is -0.270. The number of ether oxygens (including phenoxy) is 1. The zero-order chi connectivity index (χ0) is 27.0. The molecule has 0 saturated carbocycles. The summed E-state index contributed by atoms with van der Waals surface area (Å²) in [6.45, 7) is 6.18. The summed E-state index contributed by atoms with van der Waals surface area (Å²) < 4.78 is 68.1. The Morgan fingerprint density at radius 1 is 1.05 bits per heavy atom. The van der Waals surface area contributed by atoms with Crippen molar-refractivity contribution in [3.8, 4) is 5.75 Å². The normalized spacial score (nSPS) is 13.7. The quantitative estimate of drug-likeness (QED) is 0.185. The number of thiophene rings is 1. The molecule has 0 aliphatic rings. The van der Waals surface area contributed by atoms with Crippen molar-refractivity contribution in [3.05, 3.63) is 58.6 Å². The van der Waals surface area contributed by atoms with Crippen LogP contribution in [0.15, 0.2) is 53.0 Å². The van der Waals surface area contributed by atoms with Crippen molar-refractivity contribution < 1.29 is 26.7 Å². The first-order valence-corrected chi connectivity index (χ1v) is 14.9. The number of rotatable bonds is 14. The number of benzene rings is 2. The molecular weight excluding hydrogens is 589 g/mol. The van der Waals surface area contributed by atoms with Crippen LogP contribution >= 0.6 is 27.3 Å². The minimum absolute atomic E-state index is 0.138. The van der Waals surface area contributed by atoms with Crippen LogP contribution in [0.25, 0.3) is 10.1 Å². The first kappa shape index (κ1) is 29.9. The largest absolute Gasteiger partial charge is 0.573 e. The molecule has 204 valence electrons. The van der Waals surface area contributed by atoms with E-state index in [9.17, 15) is 21.9 Å². The van der Waals surface area contributed by atoms with Crippen LogP contribution in [0.2, 0.25) is 0 Å². The number of fused-ring (bicyclic) bond motifs is 1. The van der Waals surface area contributed by atoms with Gasteiger partial charge in [-0.2, -0.15) is 0 Å². The van der Waals surface area contributed by atoms with E-state index in [0.29, 0.717) is 11.4 Å². The summed E-state index contributed by atoms with van der Waals surface area (Å²) >= 11 is 2.81. The van der Waals surface area contributed by atoms with E-state index in [1.165, 1.54) is 27.8 Å². The molecule has 1 N–H and O–H groups in total. The van der Waals surface area contributed by atoms with E-state index >= 15 is 0 Å². The van der Waals surface area contributed by atoms with Crippen LogP contribution in [-0.4, -0.2) is 45.7 Å². The average Bonchev–Trinajstić information content (AvgIpc) is 3.18. The van der Waals surface area contributed by atoms with Crippen molar-refractivity contribution in [3.63, 3.8) is 0 Å². The molecule has 0 aliphatic heterocycles. The number of anilines is 1. The maximum absolute atomic E-state index is 12.6. The molecular formula is C26H32BrF3N2O3S2. The lowest BCUT2D eigenvalue weighted by Crippen LogP contribution is -2.46. The molecule has 1 heterocycles. The van der Waals surface area contributed by atoms with Crippen LogP contribution < -0.4 is 9.04 Å². The predicted octanol–water partition coefficient (Wildman–Crippen LogP) is 8.02. The Balaban J connectivity index is 1.93. The first-order valence-electron chi connectivity index (χ1n) is 12.3. The minimum atomic E-state index is -4.75. The Bertz CT molecular complexity index is 1150. The molecule has 0 bridgehead atoms. The summed E-state index contributed by atoms with van der Waals surface area (Å²) in [4.78, 5) is 2.34. The predicted molar refractivity (Wildman–Crippen MR) is 150 cm³/mol. The number of unbranched alkanes of at least 4 members (excludes halogenated alkanes) is 2. The molecule has 2 aromatic carbocycles. The lowest BCUT2D eigenvalue weighted by atomic mass is 10.0. The standard InChI is InChI=1S/C26H32BrF3N2O3S2/c1-3-5-15-31(16-6-4-2)20(17-19-11-13-21(14-12-19)35-26(28,29)30)18-32(37(33)34)25-24(27)22-9-7-8-10-23(22)36-25/h7-14,20H,3-6,15-18H2,1-2H3,(H,33,34). The fourth-order valence-electron chi connectivity index (χ4n) is 4.18. The molecule has 11 heteroatoms. The summed E-state index contributed by atoms with van der Waals surface area (Å²) in [5, 5.41) is 1.65. The number of nitrogens with zero attached hydrogens (tertiary/aromatic N) is 2. The van der Waals surface area contributed by atoms with Crippen LogP contribution in [0.1, 0.15) is 45.1 Å². The second kappa shape index (κ2) is 13.9. The third kappa shape index (κ3) is 8.68. The highest BCUT2D eigenvalue weighted by Crippen LogP contribution is 2.42. The molecule has 3 rings (SSSR count). The second-order valence-corrected chi connectivity index (χ2v) is 11.5. The SMILES string of the molecule is CCCCN(CCCC)C(Cc1ccc(OC(F)(F)F)cc1)CN(c1sc2ccccc2c1Br)S(=O)O. The lowest BCUT2D eigenvalue weighted by Gasteiger charge is -2.35. The van der Waals surface area contributed by atoms with E-state index in [0.717, 1.165) is 58.9 Å². The smallest absolute Gasteiger partial charge is 0.406 e. The third-order valence-corrected chi connectivity index (χ3v) is 9.14. The molecule has 0 saturated heterocycles. The molecule has 0 aliphatic carbocycles. The van der Waals surface area contributed by atoms with Crippen molar-refractivity contribution in [2.24, 2.45) is 0 Å². The average molecular weight is 622 g/mol. The molecule has 0 amide bonds. The zero-order valence-electron chi connectivity index (χ0n) is 20.8. The van der Waals surface area contributed by atoms with Gasteiger partial charge in [-0.1, -0.05) is 57.0 Å². The Kier molecular flexibility index (Phi) is 11.3. The van der Waals surface area contributed by atoms with Crippen molar-refractivity contribution in [2.45, 2.75) is 58.4 Å². The molecule has 0 radical (unpaired) electrons. The van der Waals surface area contributed by atoms with Crippen LogP contribution in [0.3, 0.4) is 0 Å². The Hall–Kier alpha value is -1.66. The van der Waals surface area contributed by atoms with E-state index in [4.69, 9.17) is 0 Å². The molecule has 37 heavy (non-hydrogen) atoms. The van der Waals surface area contributed by atoms with Gasteiger partial charge in [0.25, 0.3) is 11.3 Å². The van der Waals surface area contributed by atoms with Crippen molar-refractivity contribution in [1.29, 1.82) is 0 Å². The van der Waals surface area contributed by atoms with Gasteiger partial charge in [0.05, 0.1) is 11.0 Å². The Labute approximate surface area is 231 Å². The summed E-state index contributed by atoms with van der Waals surface area (Å²) in [5.41, 5.74) is 0.830. The van der Waals surface area contributed by atoms with Gasteiger partial charge in [0.2, 0.25) is 0 Å². The maximum Gasteiger partial charge on any atom is 0.573 e. The van der Waals surface area contributed by atoms with Crippen LogP contribution in [-0.2, 0) is 17.7 Å². The van der Waals surface area contributed by atoms with E-state index in [-0.39, 0.29) is 18.3 Å². The number of alkyl halides is 3. The van der Waals surface area contributed by atoms with E-state index in [1.54, 1.807) is 12.1 Å². The van der Waals surface area contributed by atoms with Gasteiger partial charge in [0.1, 0.15) is 10.8 Å². The highest BCUT2D eigenvalue weighted by atomic mass is 79.9. The van der Waals surface area contributed by atoms with Crippen LogP contribution in [0.4, 0.5) is 18.2 Å². The maximum atomic E-state index is 12.6. The molecule has 3 aromatic rings. The fraction of sp³-hybridized carbons (Fsp3) is 0.462. The molecule has 2 unspecified atom stereocenters. The molecule has 0 fully saturated rings. The van der Waals surface area contributed by atoms with Gasteiger partial charge in [-0.15, -0.1) is 24.5 Å². The van der Waals surface area contributed by atoms with Gasteiger partial charge in [-0.25, -0.2) is 4.21 Å². The van der Waals surface area contributed by atoms with Crippen LogP contribution in [0.5, 0.6) is 5.75 Å². The lowest BCUT2D eigenvalue weighted by molar-refractivity contribution is -0.274. The Morgan fingerprint density at radius 2 is 1.68 bits per heavy atom. The number of hydrogen-bond donors (Lipinski definition) is 1. The fourth-order valence-corrected chi connectivity index (χ4v) is 7.08. The highest BCUT2D eigenvalue weighted by Gasteiger charge is 2.31. The van der Waals surface area contributed by atoms with Gasteiger partial charge in [-0.3, -0.25) is 13.8 Å². The zero-order valence-corrected chi connectivity index (χ0v) is 24.1. The van der Waals surface area contributed by atoms with Crippen LogP contribution in [0, 0.1) is 0 Å². The number of hydrogen-bond acceptors (Lipinski definition) is 4. The highest BCUT2D eigenvalue weighted by molar-refractivity contribution is 9.10. The summed E-state index contributed by atoms with van der Waals surface area (Å²) in [7, 11) is 0. The number of halogens is 4. The molecule has 0 spiro atoms. The molecule has 1 aromatic heterocycles. The van der Waals surface area contributed by atoms with E-state index in [1.807, 2.05) is 24.3 Å². The molecule has 2 atom stereocenters. The summed E-state index contributed by atoms with van der Waals surface area (Å²) in [6.07, 6.45) is -0.256. The van der Waals surface area contributed by atoms with Gasteiger partial charge in [-0.05, 0) is 72.0 Å². The van der Waals surface area contributed by atoms with Crippen molar-refractivity contribution >= 4 is 53.6 Å². The second-order valence-electron chi connectivity index (χ2n) is 8.80. The minimum Gasteiger partial charge on any atom is -0.406 e.